The molecule has 0 saturated carbocycles. The molecule has 1 N–H and O–H groups in total. The van der Waals surface area contributed by atoms with Gasteiger partial charge in [-0.05, 0) is 36.4 Å². The predicted molar refractivity (Wildman–Crippen MR) is 88.2 cm³/mol. The highest BCUT2D eigenvalue weighted by atomic mass is 14.9. The third kappa shape index (κ3) is 3.11. The van der Waals surface area contributed by atoms with Gasteiger partial charge < -0.3 is 5.32 Å². The Kier molecular flexibility index (Phi) is 3.98. The van der Waals surface area contributed by atoms with E-state index in [-0.39, 0.29) is 0 Å². The highest BCUT2D eigenvalue weighted by Crippen LogP contribution is 2.19. The third-order valence-electron chi connectivity index (χ3n) is 3.95. The van der Waals surface area contributed by atoms with Crippen LogP contribution in [0.25, 0.3) is 10.8 Å². The van der Waals surface area contributed by atoms with Crippen LogP contribution in [0.5, 0.6) is 0 Å². The van der Waals surface area contributed by atoms with E-state index < -0.39 is 0 Å². The lowest BCUT2D eigenvalue weighted by Crippen LogP contribution is -2.18. The molecule has 0 fully saturated rings. The number of aromatic nitrogens is 1. The van der Waals surface area contributed by atoms with Crippen molar-refractivity contribution in [3.8, 4) is 0 Å². The standard InChI is InChI=1S/C19H20N2/c1-14-6-8-16(9-7-14)15(2)21-13-18-5-3-4-17-12-20-11-10-19(17)18/h3-12,15,21H,13H2,1-2H3. The van der Waals surface area contributed by atoms with Crippen LogP contribution in [0.2, 0.25) is 0 Å². The van der Waals surface area contributed by atoms with Gasteiger partial charge in [-0.1, -0.05) is 48.0 Å². The van der Waals surface area contributed by atoms with Crippen LogP contribution >= 0.6 is 0 Å². The van der Waals surface area contributed by atoms with Crippen LogP contribution < -0.4 is 5.32 Å². The van der Waals surface area contributed by atoms with Crippen molar-refractivity contribution in [2.45, 2.75) is 26.4 Å². The van der Waals surface area contributed by atoms with Crippen molar-refractivity contribution in [2.24, 2.45) is 0 Å². The summed E-state index contributed by atoms with van der Waals surface area (Å²) in [6, 6.07) is 17.5. The Morgan fingerprint density at radius 3 is 2.67 bits per heavy atom. The van der Waals surface area contributed by atoms with Crippen molar-refractivity contribution < 1.29 is 0 Å². The number of pyridine rings is 1. The molecule has 0 radical (unpaired) electrons. The number of rotatable bonds is 4. The zero-order valence-electron chi connectivity index (χ0n) is 12.5. The fraction of sp³-hybridized carbons (Fsp3) is 0.211. The van der Waals surface area contributed by atoms with Crippen LogP contribution in [-0.2, 0) is 6.54 Å². The molecule has 1 atom stereocenters. The van der Waals surface area contributed by atoms with Gasteiger partial charge in [0.15, 0.2) is 0 Å². The second-order valence-electron chi connectivity index (χ2n) is 5.53. The van der Waals surface area contributed by atoms with Crippen molar-refractivity contribution in [1.82, 2.24) is 10.3 Å². The van der Waals surface area contributed by atoms with Gasteiger partial charge in [-0.3, -0.25) is 4.98 Å². The lowest BCUT2D eigenvalue weighted by Gasteiger charge is -2.15. The Morgan fingerprint density at radius 1 is 1.05 bits per heavy atom. The zero-order chi connectivity index (χ0) is 14.7. The smallest absolute Gasteiger partial charge is 0.0346 e. The summed E-state index contributed by atoms with van der Waals surface area (Å²) in [4.78, 5) is 4.18. The summed E-state index contributed by atoms with van der Waals surface area (Å²) in [6.45, 7) is 5.18. The van der Waals surface area contributed by atoms with Gasteiger partial charge in [0.05, 0.1) is 0 Å². The second kappa shape index (κ2) is 6.06. The van der Waals surface area contributed by atoms with E-state index in [1.54, 1.807) is 0 Å². The Hall–Kier alpha value is -2.19. The number of hydrogen-bond donors (Lipinski definition) is 1. The molecule has 3 aromatic rings. The number of fused-ring (bicyclic) bond motifs is 1. The molecule has 0 aliphatic carbocycles. The lowest BCUT2D eigenvalue weighted by atomic mass is 10.0. The highest BCUT2D eigenvalue weighted by Gasteiger charge is 2.06. The molecule has 1 heterocycles. The molecule has 0 aliphatic rings. The number of nitrogens with one attached hydrogen (secondary N) is 1. The Balaban J connectivity index is 1.76. The first-order chi connectivity index (χ1) is 10.2. The van der Waals surface area contributed by atoms with Gasteiger partial charge in [0.2, 0.25) is 0 Å². The molecule has 0 bridgehead atoms. The lowest BCUT2D eigenvalue weighted by molar-refractivity contribution is 0.576. The summed E-state index contributed by atoms with van der Waals surface area (Å²) in [6.07, 6.45) is 3.78. The molecule has 106 valence electrons. The molecule has 1 aromatic heterocycles. The fourth-order valence-corrected chi connectivity index (χ4v) is 2.58. The molecule has 0 spiro atoms. The molecule has 1 unspecified atom stereocenters. The van der Waals surface area contributed by atoms with Gasteiger partial charge in [-0.25, -0.2) is 0 Å². The minimum Gasteiger partial charge on any atom is -0.306 e. The predicted octanol–water partition coefficient (Wildman–Crippen LogP) is 4.39. The molecule has 0 amide bonds. The molecule has 2 heteroatoms. The number of aryl methyl sites for hydroxylation is 1. The molecule has 2 aromatic carbocycles. The van der Waals surface area contributed by atoms with Gasteiger partial charge >= 0.3 is 0 Å². The maximum absolute atomic E-state index is 4.18. The van der Waals surface area contributed by atoms with Crippen LogP contribution in [0.4, 0.5) is 0 Å². The monoisotopic (exact) mass is 276 g/mol. The summed E-state index contributed by atoms with van der Waals surface area (Å²) < 4.78 is 0. The van der Waals surface area contributed by atoms with E-state index in [0.29, 0.717) is 6.04 Å². The summed E-state index contributed by atoms with van der Waals surface area (Å²) in [5.74, 6) is 0. The SMILES string of the molecule is Cc1ccc(C(C)NCc2cccc3cnccc23)cc1. The molecular formula is C19H20N2. The van der Waals surface area contributed by atoms with Crippen molar-refractivity contribution in [2.75, 3.05) is 0 Å². The van der Waals surface area contributed by atoms with Crippen LogP contribution in [0.3, 0.4) is 0 Å². The van der Waals surface area contributed by atoms with Gasteiger partial charge in [-0.2, -0.15) is 0 Å². The van der Waals surface area contributed by atoms with E-state index in [1.165, 1.54) is 27.5 Å². The van der Waals surface area contributed by atoms with Crippen LogP contribution in [0, 0.1) is 6.92 Å². The summed E-state index contributed by atoms with van der Waals surface area (Å²) in [5.41, 5.74) is 3.93. The van der Waals surface area contributed by atoms with Crippen molar-refractivity contribution in [1.29, 1.82) is 0 Å². The van der Waals surface area contributed by atoms with E-state index in [2.05, 4.69) is 72.7 Å². The van der Waals surface area contributed by atoms with Gasteiger partial charge in [-0.15, -0.1) is 0 Å². The number of benzene rings is 2. The van der Waals surface area contributed by atoms with Crippen LogP contribution in [0.1, 0.15) is 29.7 Å². The Labute approximate surface area is 125 Å². The molecule has 3 rings (SSSR count). The average Bonchev–Trinajstić information content (AvgIpc) is 2.53. The normalized spacial score (nSPS) is 12.5. The van der Waals surface area contributed by atoms with Crippen molar-refractivity contribution in [3.63, 3.8) is 0 Å². The van der Waals surface area contributed by atoms with Gasteiger partial charge in [0.25, 0.3) is 0 Å². The Morgan fingerprint density at radius 2 is 1.86 bits per heavy atom. The molecule has 2 nitrogen and oxygen atoms in total. The van der Waals surface area contributed by atoms with E-state index in [1.807, 2.05) is 12.4 Å². The van der Waals surface area contributed by atoms with E-state index in [0.717, 1.165) is 6.54 Å². The minimum absolute atomic E-state index is 0.336. The molecule has 0 aliphatic heterocycles. The first-order valence-electron chi connectivity index (χ1n) is 7.35. The summed E-state index contributed by atoms with van der Waals surface area (Å²) in [5, 5.41) is 6.07. The van der Waals surface area contributed by atoms with Crippen molar-refractivity contribution in [3.05, 3.63) is 77.6 Å². The summed E-state index contributed by atoms with van der Waals surface area (Å²) >= 11 is 0. The maximum atomic E-state index is 4.18. The van der Waals surface area contributed by atoms with E-state index in [9.17, 15) is 0 Å². The fourth-order valence-electron chi connectivity index (χ4n) is 2.58. The maximum Gasteiger partial charge on any atom is 0.0346 e. The van der Waals surface area contributed by atoms with Crippen molar-refractivity contribution >= 4 is 10.8 Å². The highest BCUT2D eigenvalue weighted by molar-refractivity contribution is 5.84. The molecule has 21 heavy (non-hydrogen) atoms. The number of nitrogens with zero attached hydrogens (tertiary/aromatic N) is 1. The topological polar surface area (TPSA) is 24.9 Å². The number of hydrogen-bond acceptors (Lipinski definition) is 2. The third-order valence-corrected chi connectivity index (χ3v) is 3.95. The zero-order valence-corrected chi connectivity index (χ0v) is 12.5. The largest absolute Gasteiger partial charge is 0.306 e. The first kappa shape index (κ1) is 13.8. The van der Waals surface area contributed by atoms with E-state index in [4.69, 9.17) is 0 Å². The van der Waals surface area contributed by atoms with E-state index >= 15 is 0 Å². The summed E-state index contributed by atoms with van der Waals surface area (Å²) in [7, 11) is 0. The van der Waals surface area contributed by atoms with Gasteiger partial charge in [0, 0.05) is 30.4 Å². The quantitative estimate of drug-likeness (QED) is 0.764. The van der Waals surface area contributed by atoms with Crippen LogP contribution in [-0.4, -0.2) is 4.98 Å². The Bertz CT molecular complexity index is 727. The average molecular weight is 276 g/mol. The van der Waals surface area contributed by atoms with Gasteiger partial charge in [0.1, 0.15) is 0 Å². The van der Waals surface area contributed by atoms with Crippen LogP contribution in [0.15, 0.2) is 60.9 Å². The molecule has 0 saturated heterocycles. The second-order valence-corrected chi connectivity index (χ2v) is 5.53. The minimum atomic E-state index is 0.336. The first-order valence-corrected chi connectivity index (χ1v) is 7.35. The molecular weight excluding hydrogens is 256 g/mol.